The van der Waals surface area contributed by atoms with Crippen molar-refractivity contribution in [1.82, 2.24) is 0 Å². The summed E-state index contributed by atoms with van der Waals surface area (Å²) in [5, 5.41) is 9.84. The molecule has 0 aliphatic heterocycles. The van der Waals surface area contributed by atoms with E-state index in [1.165, 1.54) is 64.2 Å². The van der Waals surface area contributed by atoms with Crippen LogP contribution >= 0.6 is 0 Å². The molecule has 0 heterocycles. The molecular formula is C19H34O. The van der Waals surface area contributed by atoms with Crippen molar-refractivity contribution in [3.05, 3.63) is 0 Å². The third-order valence-electron chi connectivity index (χ3n) is 6.88. The van der Waals surface area contributed by atoms with E-state index in [9.17, 15) is 5.11 Å². The molecule has 1 heteroatoms. The summed E-state index contributed by atoms with van der Waals surface area (Å²) in [6, 6.07) is 0. The first-order chi connectivity index (χ1) is 9.76. The van der Waals surface area contributed by atoms with Gasteiger partial charge in [0.2, 0.25) is 0 Å². The van der Waals surface area contributed by atoms with Crippen molar-refractivity contribution in [3.8, 4) is 0 Å². The summed E-state index contributed by atoms with van der Waals surface area (Å²) >= 11 is 0. The molecule has 3 aliphatic rings. The van der Waals surface area contributed by atoms with Gasteiger partial charge in [-0.15, -0.1) is 0 Å². The molecule has 0 spiro atoms. The fourth-order valence-corrected chi connectivity index (χ4v) is 5.69. The Bertz CT molecular complexity index is 292. The van der Waals surface area contributed by atoms with Gasteiger partial charge >= 0.3 is 0 Å². The van der Waals surface area contributed by atoms with Gasteiger partial charge < -0.3 is 5.11 Å². The molecule has 1 N–H and O–H groups in total. The zero-order valence-electron chi connectivity index (χ0n) is 13.4. The van der Waals surface area contributed by atoms with E-state index in [1.54, 1.807) is 0 Å². The maximum atomic E-state index is 9.84. The Morgan fingerprint density at radius 3 is 1.95 bits per heavy atom. The summed E-state index contributed by atoms with van der Waals surface area (Å²) in [5.74, 6) is 4.97. The molecule has 0 radical (unpaired) electrons. The van der Waals surface area contributed by atoms with E-state index in [1.807, 2.05) is 0 Å². The van der Waals surface area contributed by atoms with Crippen molar-refractivity contribution in [2.24, 2.45) is 29.6 Å². The normalized spacial score (nSPS) is 45.9. The number of hydrogen-bond donors (Lipinski definition) is 1. The second-order valence-corrected chi connectivity index (χ2v) is 8.13. The third-order valence-corrected chi connectivity index (χ3v) is 6.88. The highest BCUT2D eigenvalue weighted by molar-refractivity contribution is 4.89. The second kappa shape index (κ2) is 6.81. The summed E-state index contributed by atoms with van der Waals surface area (Å²) < 4.78 is 0. The molecule has 3 rings (SSSR count). The van der Waals surface area contributed by atoms with Gasteiger partial charge in [0.05, 0.1) is 6.10 Å². The second-order valence-electron chi connectivity index (χ2n) is 8.13. The first kappa shape index (κ1) is 14.9. The van der Waals surface area contributed by atoms with Gasteiger partial charge in [0.15, 0.2) is 0 Å². The number of rotatable bonds is 3. The molecule has 0 amide bonds. The van der Waals surface area contributed by atoms with Crippen molar-refractivity contribution < 1.29 is 5.11 Å². The van der Waals surface area contributed by atoms with Crippen LogP contribution in [0.1, 0.15) is 84.0 Å². The van der Waals surface area contributed by atoms with Crippen LogP contribution in [0.25, 0.3) is 0 Å². The fourth-order valence-electron chi connectivity index (χ4n) is 5.69. The highest BCUT2D eigenvalue weighted by atomic mass is 16.3. The Morgan fingerprint density at radius 1 is 0.700 bits per heavy atom. The molecular weight excluding hydrogens is 244 g/mol. The smallest absolute Gasteiger partial charge is 0.0543 e. The zero-order chi connectivity index (χ0) is 13.9. The van der Waals surface area contributed by atoms with Crippen molar-refractivity contribution >= 4 is 0 Å². The van der Waals surface area contributed by atoms with E-state index in [-0.39, 0.29) is 6.10 Å². The lowest BCUT2D eigenvalue weighted by Gasteiger charge is -2.44. The van der Waals surface area contributed by atoms with Gasteiger partial charge in [0.25, 0.3) is 0 Å². The standard InChI is InChI=1S/C19H34O/c1-2-3-14-4-6-15(7-5-14)16-8-9-18-13-19(20)11-10-17(18)12-16/h14-20H,2-13H2,1H3. The van der Waals surface area contributed by atoms with Gasteiger partial charge in [-0.05, 0) is 81.0 Å². The van der Waals surface area contributed by atoms with Gasteiger partial charge in [0.1, 0.15) is 0 Å². The molecule has 3 aliphatic carbocycles. The first-order valence-corrected chi connectivity index (χ1v) is 9.44. The molecule has 20 heavy (non-hydrogen) atoms. The van der Waals surface area contributed by atoms with Crippen LogP contribution in [-0.4, -0.2) is 11.2 Å². The molecule has 0 aromatic heterocycles. The Balaban J connectivity index is 1.48. The predicted molar refractivity (Wildman–Crippen MR) is 84.5 cm³/mol. The lowest BCUT2D eigenvalue weighted by atomic mass is 9.62. The van der Waals surface area contributed by atoms with Crippen LogP contribution in [0.2, 0.25) is 0 Å². The fraction of sp³-hybridized carbons (Fsp3) is 1.00. The van der Waals surface area contributed by atoms with Gasteiger partial charge in [-0.25, -0.2) is 0 Å². The Morgan fingerprint density at radius 2 is 1.25 bits per heavy atom. The summed E-state index contributed by atoms with van der Waals surface area (Å²) in [7, 11) is 0. The van der Waals surface area contributed by atoms with Crippen molar-refractivity contribution in [3.63, 3.8) is 0 Å². The van der Waals surface area contributed by atoms with Crippen molar-refractivity contribution in [1.29, 1.82) is 0 Å². The topological polar surface area (TPSA) is 20.2 Å². The van der Waals surface area contributed by atoms with Crippen molar-refractivity contribution in [2.75, 3.05) is 0 Å². The van der Waals surface area contributed by atoms with Crippen LogP contribution in [0.15, 0.2) is 0 Å². The van der Waals surface area contributed by atoms with E-state index in [2.05, 4.69) is 6.92 Å². The maximum Gasteiger partial charge on any atom is 0.0543 e. The van der Waals surface area contributed by atoms with Gasteiger partial charge in [0, 0.05) is 0 Å². The number of fused-ring (bicyclic) bond motifs is 1. The lowest BCUT2D eigenvalue weighted by molar-refractivity contribution is 0.0189. The minimum absolute atomic E-state index is 0.0253. The monoisotopic (exact) mass is 278 g/mol. The molecule has 4 atom stereocenters. The molecule has 3 saturated carbocycles. The number of aliphatic hydroxyl groups excluding tert-OH is 1. The largest absolute Gasteiger partial charge is 0.393 e. The van der Waals surface area contributed by atoms with Crippen LogP contribution in [0.3, 0.4) is 0 Å². The highest BCUT2D eigenvalue weighted by Gasteiger charge is 2.38. The molecule has 1 nitrogen and oxygen atoms in total. The van der Waals surface area contributed by atoms with Crippen LogP contribution in [-0.2, 0) is 0 Å². The van der Waals surface area contributed by atoms with Gasteiger partial charge in [-0.3, -0.25) is 0 Å². The van der Waals surface area contributed by atoms with Crippen LogP contribution in [0, 0.1) is 29.6 Å². The van der Waals surface area contributed by atoms with E-state index in [0.29, 0.717) is 0 Å². The minimum Gasteiger partial charge on any atom is -0.393 e. The van der Waals surface area contributed by atoms with E-state index in [0.717, 1.165) is 42.4 Å². The van der Waals surface area contributed by atoms with Crippen LogP contribution in [0.5, 0.6) is 0 Å². The quantitative estimate of drug-likeness (QED) is 0.755. The molecule has 4 unspecified atom stereocenters. The highest BCUT2D eigenvalue weighted by Crippen LogP contribution is 2.48. The summed E-state index contributed by atoms with van der Waals surface area (Å²) in [6.07, 6.45) is 16.8. The van der Waals surface area contributed by atoms with E-state index < -0.39 is 0 Å². The Labute approximate surface area is 125 Å². The number of hydrogen-bond acceptors (Lipinski definition) is 1. The lowest BCUT2D eigenvalue weighted by Crippen LogP contribution is -2.35. The third kappa shape index (κ3) is 3.40. The molecule has 3 fully saturated rings. The molecule has 0 aromatic rings. The van der Waals surface area contributed by atoms with Crippen molar-refractivity contribution in [2.45, 2.75) is 90.1 Å². The molecule has 0 bridgehead atoms. The maximum absolute atomic E-state index is 9.84. The SMILES string of the molecule is CCCC1CCC(C2CCC3CC(O)CCC3C2)CC1. The van der Waals surface area contributed by atoms with Crippen LogP contribution < -0.4 is 0 Å². The predicted octanol–water partition coefficient (Wildman–Crippen LogP) is 5.17. The summed E-state index contributed by atoms with van der Waals surface area (Å²) in [4.78, 5) is 0. The Hall–Kier alpha value is -0.0400. The minimum atomic E-state index is 0.0253. The Kier molecular flexibility index (Phi) is 5.07. The first-order valence-electron chi connectivity index (χ1n) is 9.44. The average Bonchev–Trinajstić information content (AvgIpc) is 2.48. The van der Waals surface area contributed by atoms with E-state index in [4.69, 9.17) is 0 Å². The van der Waals surface area contributed by atoms with Gasteiger partial charge in [-0.2, -0.15) is 0 Å². The molecule has 0 aromatic carbocycles. The molecule has 0 saturated heterocycles. The average molecular weight is 278 g/mol. The summed E-state index contributed by atoms with van der Waals surface area (Å²) in [5.41, 5.74) is 0. The summed E-state index contributed by atoms with van der Waals surface area (Å²) in [6.45, 7) is 2.34. The van der Waals surface area contributed by atoms with Crippen LogP contribution in [0.4, 0.5) is 0 Å². The van der Waals surface area contributed by atoms with Gasteiger partial charge in [-0.1, -0.05) is 32.6 Å². The zero-order valence-corrected chi connectivity index (χ0v) is 13.4. The number of aliphatic hydroxyl groups is 1. The van der Waals surface area contributed by atoms with E-state index >= 15 is 0 Å². The molecule has 116 valence electrons.